The van der Waals surface area contributed by atoms with Crippen LogP contribution in [0.3, 0.4) is 0 Å². The summed E-state index contributed by atoms with van der Waals surface area (Å²) in [5.41, 5.74) is 3.52. The first kappa shape index (κ1) is 19.0. The summed E-state index contributed by atoms with van der Waals surface area (Å²) in [5.74, 6) is 1.60. The van der Waals surface area contributed by atoms with Gasteiger partial charge in [-0.05, 0) is 41.8 Å². The molecule has 3 rings (SSSR count). The maximum Gasteiger partial charge on any atom is 0.161 e. The van der Waals surface area contributed by atoms with Gasteiger partial charge in [-0.3, -0.25) is 0 Å². The maximum absolute atomic E-state index is 5.79. The molecule has 5 nitrogen and oxygen atoms in total. The summed E-state index contributed by atoms with van der Waals surface area (Å²) in [6.07, 6.45) is 7.69. The third-order valence-electron chi connectivity index (χ3n) is 4.38. The van der Waals surface area contributed by atoms with Crippen LogP contribution in [-0.4, -0.2) is 23.3 Å². The van der Waals surface area contributed by atoms with Crippen LogP contribution in [0.1, 0.15) is 30.9 Å². The molecule has 2 aromatic carbocycles. The number of aromatic nitrogens is 2. The number of rotatable bonds is 10. The van der Waals surface area contributed by atoms with Crippen LogP contribution in [0.4, 0.5) is 0 Å². The van der Waals surface area contributed by atoms with Crippen LogP contribution in [0.15, 0.2) is 61.2 Å². The van der Waals surface area contributed by atoms with E-state index in [0.717, 1.165) is 49.7 Å². The van der Waals surface area contributed by atoms with Crippen molar-refractivity contribution in [2.45, 2.75) is 32.9 Å². The molecular weight excluding hydrogens is 338 g/mol. The molecule has 1 aromatic heterocycles. The summed E-state index contributed by atoms with van der Waals surface area (Å²) < 4.78 is 13.3. The highest BCUT2D eigenvalue weighted by molar-refractivity contribution is 5.43. The van der Waals surface area contributed by atoms with Gasteiger partial charge in [0.2, 0.25) is 0 Å². The molecule has 1 N–H and O–H groups in total. The van der Waals surface area contributed by atoms with Crippen molar-refractivity contribution in [2.75, 3.05) is 13.7 Å². The molecule has 0 saturated carbocycles. The first-order valence-corrected chi connectivity index (χ1v) is 9.38. The van der Waals surface area contributed by atoms with Crippen molar-refractivity contribution in [3.63, 3.8) is 0 Å². The third-order valence-corrected chi connectivity index (χ3v) is 4.38. The van der Waals surface area contributed by atoms with Crippen LogP contribution in [-0.2, 0) is 13.1 Å². The average molecular weight is 365 g/mol. The molecule has 0 spiro atoms. The summed E-state index contributed by atoms with van der Waals surface area (Å²) in [4.78, 5) is 4.08. The van der Waals surface area contributed by atoms with Crippen LogP contribution in [0.2, 0.25) is 0 Å². The Morgan fingerprint density at radius 2 is 1.78 bits per heavy atom. The van der Waals surface area contributed by atoms with E-state index in [-0.39, 0.29) is 0 Å². The van der Waals surface area contributed by atoms with Gasteiger partial charge < -0.3 is 19.4 Å². The molecule has 1 heterocycles. The predicted octanol–water partition coefficient (Wildman–Crippen LogP) is 4.35. The molecule has 0 bridgehead atoms. The first-order chi connectivity index (χ1) is 13.3. The lowest BCUT2D eigenvalue weighted by Gasteiger charge is -2.12. The minimum Gasteiger partial charge on any atom is -0.493 e. The Balaban J connectivity index is 1.52. The Hall–Kier alpha value is -2.79. The molecule has 0 unspecified atom stereocenters. The molecule has 0 amide bonds. The van der Waals surface area contributed by atoms with Gasteiger partial charge in [0.1, 0.15) is 0 Å². The second-order valence-electron chi connectivity index (χ2n) is 6.43. The number of nitrogens with one attached hydrogen (secondary N) is 1. The second-order valence-corrected chi connectivity index (χ2v) is 6.43. The van der Waals surface area contributed by atoms with Crippen LogP contribution >= 0.6 is 0 Å². The van der Waals surface area contributed by atoms with Crippen LogP contribution < -0.4 is 14.8 Å². The minimum atomic E-state index is 0.722. The van der Waals surface area contributed by atoms with Crippen molar-refractivity contribution in [3.05, 3.63) is 72.3 Å². The maximum atomic E-state index is 5.79. The Kier molecular flexibility index (Phi) is 6.88. The van der Waals surface area contributed by atoms with Gasteiger partial charge in [-0.25, -0.2) is 4.98 Å². The Morgan fingerprint density at radius 3 is 2.48 bits per heavy atom. The summed E-state index contributed by atoms with van der Waals surface area (Å²) in [6, 6.07) is 14.6. The van der Waals surface area contributed by atoms with Crippen molar-refractivity contribution in [2.24, 2.45) is 0 Å². The lowest BCUT2D eigenvalue weighted by Crippen LogP contribution is -2.13. The second kappa shape index (κ2) is 9.78. The van der Waals surface area contributed by atoms with Crippen LogP contribution in [0.5, 0.6) is 11.5 Å². The van der Waals surface area contributed by atoms with Gasteiger partial charge in [-0.2, -0.15) is 0 Å². The van der Waals surface area contributed by atoms with Gasteiger partial charge in [-0.1, -0.05) is 31.5 Å². The zero-order valence-corrected chi connectivity index (χ0v) is 16.0. The van der Waals surface area contributed by atoms with E-state index in [4.69, 9.17) is 9.47 Å². The van der Waals surface area contributed by atoms with Gasteiger partial charge in [0, 0.05) is 31.2 Å². The monoisotopic (exact) mass is 365 g/mol. The number of methoxy groups -OCH3 is 1. The van der Waals surface area contributed by atoms with E-state index in [1.54, 1.807) is 19.6 Å². The van der Waals surface area contributed by atoms with E-state index in [2.05, 4.69) is 47.6 Å². The standard InChI is InChI=1S/C22H27N3O2/c1-3-4-13-27-21-10-7-19(14-22(21)26-2)16-24-15-18-5-8-20(9-6-18)25-12-11-23-17-25/h5-12,14,17,24H,3-4,13,15-16H2,1-2H3. The van der Waals surface area contributed by atoms with E-state index in [0.29, 0.717) is 0 Å². The number of benzene rings is 2. The van der Waals surface area contributed by atoms with Crippen molar-refractivity contribution < 1.29 is 9.47 Å². The molecule has 142 valence electrons. The molecule has 0 saturated heterocycles. The largest absolute Gasteiger partial charge is 0.493 e. The van der Waals surface area contributed by atoms with Crippen molar-refractivity contribution in [3.8, 4) is 17.2 Å². The van der Waals surface area contributed by atoms with E-state index in [9.17, 15) is 0 Å². The lowest BCUT2D eigenvalue weighted by atomic mass is 10.1. The van der Waals surface area contributed by atoms with Crippen molar-refractivity contribution in [1.82, 2.24) is 14.9 Å². The topological polar surface area (TPSA) is 48.3 Å². The normalized spacial score (nSPS) is 10.7. The van der Waals surface area contributed by atoms with Gasteiger partial charge in [0.05, 0.1) is 20.0 Å². The number of hydrogen-bond donors (Lipinski definition) is 1. The van der Waals surface area contributed by atoms with E-state index in [1.165, 1.54) is 11.1 Å². The molecule has 0 atom stereocenters. The van der Waals surface area contributed by atoms with E-state index < -0.39 is 0 Å². The molecule has 0 aliphatic rings. The fraction of sp³-hybridized carbons (Fsp3) is 0.318. The summed E-state index contributed by atoms with van der Waals surface area (Å²) in [5, 5.41) is 3.48. The molecule has 0 fully saturated rings. The molecule has 0 radical (unpaired) electrons. The zero-order valence-electron chi connectivity index (χ0n) is 16.0. The Morgan fingerprint density at radius 1 is 1.00 bits per heavy atom. The number of unbranched alkanes of at least 4 members (excludes halogenated alkanes) is 1. The summed E-state index contributed by atoms with van der Waals surface area (Å²) in [7, 11) is 1.68. The van der Waals surface area contributed by atoms with Gasteiger partial charge in [0.15, 0.2) is 11.5 Å². The van der Waals surface area contributed by atoms with Crippen LogP contribution in [0.25, 0.3) is 5.69 Å². The lowest BCUT2D eigenvalue weighted by molar-refractivity contribution is 0.288. The number of ether oxygens (including phenoxy) is 2. The average Bonchev–Trinajstić information content (AvgIpc) is 3.24. The number of nitrogens with zero attached hydrogens (tertiary/aromatic N) is 2. The smallest absolute Gasteiger partial charge is 0.161 e. The molecular formula is C22H27N3O2. The minimum absolute atomic E-state index is 0.722. The Labute approximate surface area is 161 Å². The third kappa shape index (κ3) is 5.34. The van der Waals surface area contributed by atoms with Crippen LogP contribution in [0, 0.1) is 0 Å². The van der Waals surface area contributed by atoms with E-state index in [1.807, 2.05) is 22.9 Å². The molecule has 0 aliphatic heterocycles. The predicted molar refractivity (Wildman–Crippen MR) is 108 cm³/mol. The number of imidazole rings is 1. The molecule has 27 heavy (non-hydrogen) atoms. The van der Waals surface area contributed by atoms with Gasteiger partial charge >= 0.3 is 0 Å². The fourth-order valence-electron chi connectivity index (χ4n) is 2.82. The van der Waals surface area contributed by atoms with Gasteiger partial charge in [0.25, 0.3) is 0 Å². The Bertz CT molecular complexity index is 814. The highest BCUT2D eigenvalue weighted by Gasteiger charge is 2.06. The fourth-order valence-corrected chi connectivity index (χ4v) is 2.82. The summed E-state index contributed by atoms with van der Waals surface area (Å²) in [6.45, 7) is 4.45. The SMILES string of the molecule is CCCCOc1ccc(CNCc2ccc(-n3ccnc3)cc2)cc1OC. The van der Waals surface area contributed by atoms with Gasteiger partial charge in [-0.15, -0.1) is 0 Å². The first-order valence-electron chi connectivity index (χ1n) is 9.38. The molecule has 0 aliphatic carbocycles. The molecule has 5 heteroatoms. The van der Waals surface area contributed by atoms with E-state index >= 15 is 0 Å². The summed E-state index contributed by atoms with van der Waals surface area (Å²) >= 11 is 0. The molecule has 3 aromatic rings. The quantitative estimate of drug-likeness (QED) is 0.543. The van der Waals surface area contributed by atoms with Crippen molar-refractivity contribution >= 4 is 0 Å². The zero-order chi connectivity index (χ0) is 18.9. The highest BCUT2D eigenvalue weighted by atomic mass is 16.5. The van der Waals surface area contributed by atoms with Crippen molar-refractivity contribution in [1.29, 1.82) is 0 Å². The highest BCUT2D eigenvalue weighted by Crippen LogP contribution is 2.28. The number of hydrogen-bond acceptors (Lipinski definition) is 4.